The fraction of sp³-hybridized carbons (Fsp3) is 0.333. The number of ether oxygens (including phenoxy) is 1. The molecule has 0 atom stereocenters. The zero-order chi connectivity index (χ0) is 22.5. The maximum Gasteiger partial charge on any atom is 0.284 e. The van der Waals surface area contributed by atoms with Crippen molar-refractivity contribution in [3.05, 3.63) is 53.9 Å². The number of benzene rings is 1. The maximum atomic E-state index is 12.5. The predicted molar refractivity (Wildman–Crippen MR) is 124 cm³/mol. The van der Waals surface area contributed by atoms with Crippen molar-refractivity contribution < 1.29 is 13.2 Å². The standard InChI is InChI=1S/C21H25N7O3S/c1-13-8-19(25-24-13)23-21-12-27(11-20-22-14(2)10-28(20)21)15-4-7-18(31-3)17(9-15)26-32(29,30)16-5-6-16/h4,7-10,12,16,26H,5-6,11H2,1-3H3,(H2,23,24,25)/q+1. The largest absolute Gasteiger partial charge is 0.495 e. The number of aromatic amines is 1. The summed E-state index contributed by atoms with van der Waals surface area (Å²) in [5, 5.41) is 10.2. The number of rotatable bonds is 7. The molecule has 2 aromatic rings. The van der Waals surface area contributed by atoms with Crippen molar-refractivity contribution in [3.8, 4) is 5.75 Å². The lowest BCUT2D eigenvalue weighted by Gasteiger charge is -2.26. The Bertz CT molecular complexity index is 1260. The number of aromatic nitrogens is 2. The van der Waals surface area contributed by atoms with Crippen LogP contribution in [0.5, 0.6) is 5.75 Å². The van der Waals surface area contributed by atoms with Crippen molar-refractivity contribution in [2.24, 2.45) is 4.99 Å². The average Bonchev–Trinajstić information content (AvgIpc) is 3.44. The number of hydrogen-bond acceptors (Lipinski definition) is 8. The summed E-state index contributed by atoms with van der Waals surface area (Å²) in [7, 11) is -1.89. The van der Waals surface area contributed by atoms with Crippen LogP contribution in [-0.2, 0) is 10.0 Å². The highest BCUT2D eigenvalue weighted by Crippen LogP contribution is 2.36. The van der Waals surface area contributed by atoms with E-state index in [0.29, 0.717) is 36.6 Å². The Hall–Kier alpha value is -3.31. The third-order valence-corrected chi connectivity index (χ3v) is 7.29. The average molecular weight is 456 g/mol. The molecule has 32 heavy (non-hydrogen) atoms. The van der Waals surface area contributed by atoms with Crippen molar-refractivity contribution >= 4 is 33.1 Å². The molecule has 1 aliphatic carbocycles. The van der Waals surface area contributed by atoms with Gasteiger partial charge in [-0.2, -0.15) is 10.1 Å². The molecule has 1 aromatic carbocycles. The van der Waals surface area contributed by atoms with Crippen molar-refractivity contribution in [2.45, 2.75) is 31.9 Å². The lowest BCUT2D eigenvalue weighted by Crippen LogP contribution is -2.45. The summed E-state index contributed by atoms with van der Waals surface area (Å²) < 4.78 is 33.1. The summed E-state index contributed by atoms with van der Waals surface area (Å²) >= 11 is 0. The molecule has 3 heterocycles. The molecule has 0 saturated heterocycles. The second kappa shape index (κ2) is 7.68. The first-order valence-electron chi connectivity index (χ1n) is 10.3. The van der Waals surface area contributed by atoms with Crippen LogP contribution in [0.2, 0.25) is 0 Å². The van der Waals surface area contributed by atoms with Gasteiger partial charge in [0.05, 0.1) is 24.2 Å². The minimum absolute atomic E-state index is 0.325. The van der Waals surface area contributed by atoms with E-state index in [1.807, 2.05) is 48.2 Å². The fourth-order valence-electron chi connectivity index (χ4n) is 3.72. The first-order valence-corrected chi connectivity index (χ1v) is 11.9. The van der Waals surface area contributed by atoms with Crippen molar-refractivity contribution in [3.63, 3.8) is 0 Å². The molecular weight excluding hydrogens is 430 g/mol. The van der Waals surface area contributed by atoms with Gasteiger partial charge < -0.3 is 9.64 Å². The normalized spacial score (nSPS) is 18.6. The second-order valence-corrected chi connectivity index (χ2v) is 10.1. The number of nitrogens with zero attached hydrogens (tertiary/aromatic N) is 4. The molecule has 0 unspecified atom stereocenters. The predicted octanol–water partition coefficient (Wildman–Crippen LogP) is 2.78. The molecule has 3 N–H and O–H groups in total. The molecular formula is C21H25N7O3S+. The zero-order valence-electron chi connectivity index (χ0n) is 18.1. The lowest BCUT2D eigenvalue weighted by molar-refractivity contribution is 0.417. The van der Waals surface area contributed by atoms with Crippen LogP contribution >= 0.6 is 0 Å². The minimum atomic E-state index is -3.42. The molecule has 0 bridgehead atoms. The number of aryl methyl sites for hydroxylation is 1. The Morgan fingerprint density at radius 1 is 1.25 bits per heavy atom. The molecule has 1 saturated carbocycles. The summed E-state index contributed by atoms with van der Waals surface area (Å²) in [6.07, 6.45) is 5.30. The maximum absolute atomic E-state index is 12.5. The van der Waals surface area contributed by atoms with E-state index in [4.69, 9.17) is 4.74 Å². The van der Waals surface area contributed by atoms with E-state index in [9.17, 15) is 8.42 Å². The SMILES string of the molecule is COc1ccc(N2C=C(Nc3cc(C)[nH]n3)[N+]3C=C(C)N=C3C2)cc1NS(=O)(=O)C1CC1. The highest BCUT2D eigenvalue weighted by molar-refractivity contribution is 7.93. The number of hydrogen-bond donors (Lipinski definition) is 3. The number of amidine groups is 1. The van der Waals surface area contributed by atoms with E-state index >= 15 is 0 Å². The monoisotopic (exact) mass is 455 g/mol. The number of methoxy groups -OCH3 is 1. The van der Waals surface area contributed by atoms with Crippen LogP contribution < -0.4 is 24.6 Å². The molecule has 1 fully saturated rings. The van der Waals surface area contributed by atoms with E-state index < -0.39 is 10.0 Å². The Labute approximate surface area is 186 Å². The summed E-state index contributed by atoms with van der Waals surface area (Å²) in [5.74, 6) is 2.81. The highest BCUT2D eigenvalue weighted by Gasteiger charge is 2.40. The molecule has 1 radical (unpaired) electrons. The number of sulfonamides is 1. The molecule has 167 valence electrons. The van der Waals surface area contributed by atoms with Gasteiger partial charge in [0.1, 0.15) is 18.0 Å². The van der Waals surface area contributed by atoms with Gasteiger partial charge in [0.25, 0.3) is 11.7 Å². The Kier molecular flexibility index (Phi) is 4.94. The number of H-pyrrole nitrogens is 1. The zero-order valence-corrected chi connectivity index (χ0v) is 18.9. The number of anilines is 3. The third kappa shape index (κ3) is 3.96. The van der Waals surface area contributed by atoms with Gasteiger partial charge in [0.2, 0.25) is 10.0 Å². The van der Waals surface area contributed by atoms with Crippen LogP contribution in [-0.4, -0.2) is 43.4 Å². The first-order chi connectivity index (χ1) is 15.3. The summed E-state index contributed by atoms with van der Waals surface area (Å²) in [6, 6.07) is 7.37. The number of nitrogens with one attached hydrogen (secondary N) is 3. The van der Waals surface area contributed by atoms with Crippen LogP contribution in [0.15, 0.2) is 53.2 Å². The van der Waals surface area contributed by atoms with Gasteiger partial charge >= 0.3 is 0 Å². The van der Waals surface area contributed by atoms with Gasteiger partial charge in [-0.1, -0.05) is 0 Å². The van der Waals surface area contributed by atoms with E-state index in [2.05, 4.69) is 25.2 Å². The Morgan fingerprint density at radius 2 is 2.06 bits per heavy atom. The van der Waals surface area contributed by atoms with Gasteiger partial charge in [-0.25, -0.2) is 8.42 Å². The Balaban J connectivity index is 1.49. The van der Waals surface area contributed by atoms with Crippen molar-refractivity contribution in [1.82, 2.24) is 15.1 Å². The van der Waals surface area contributed by atoms with Gasteiger partial charge in [0, 0.05) is 17.4 Å². The molecule has 0 amide bonds. The quantitative estimate of drug-likeness (QED) is 0.553. The number of aliphatic imine (C=N–C) groups is 1. The smallest absolute Gasteiger partial charge is 0.284 e. The first kappa shape index (κ1) is 20.6. The number of fused-ring (bicyclic) bond motifs is 1. The third-order valence-electron chi connectivity index (χ3n) is 5.44. The minimum Gasteiger partial charge on any atom is -0.495 e. The van der Waals surface area contributed by atoms with Gasteiger partial charge in [-0.15, -0.1) is 0 Å². The second-order valence-electron chi connectivity index (χ2n) is 8.10. The molecule has 10 nitrogen and oxygen atoms in total. The van der Waals surface area contributed by atoms with E-state index in [0.717, 1.165) is 28.7 Å². The Morgan fingerprint density at radius 3 is 2.75 bits per heavy atom. The van der Waals surface area contributed by atoms with Gasteiger partial charge in [0.15, 0.2) is 12.0 Å². The van der Waals surface area contributed by atoms with Crippen LogP contribution in [0.4, 0.5) is 17.2 Å². The van der Waals surface area contributed by atoms with E-state index in [1.165, 1.54) is 7.11 Å². The molecule has 11 heteroatoms. The molecule has 2 aliphatic heterocycles. The van der Waals surface area contributed by atoms with Crippen LogP contribution in [0.3, 0.4) is 0 Å². The van der Waals surface area contributed by atoms with E-state index in [-0.39, 0.29) is 5.25 Å². The lowest BCUT2D eigenvalue weighted by atomic mass is 10.2. The number of allylic oxidation sites excluding steroid dienone is 1. The molecule has 5 rings (SSSR count). The van der Waals surface area contributed by atoms with Crippen LogP contribution in [0, 0.1) is 6.92 Å². The van der Waals surface area contributed by atoms with Gasteiger partial charge in [-0.3, -0.25) is 15.1 Å². The molecule has 0 spiro atoms. The van der Waals surface area contributed by atoms with Crippen molar-refractivity contribution in [1.29, 1.82) is 0 Å². The summed E-state index contributed by atoms with van der Waals surface area (Å²) in [6.45, 7) is 4.41. The summed E-state index contributed by atoms with van der Waals surface area (Å²) in [5.41, 5.74) is 3.09. The van der Waals surface area contributed by atoms with Crippen molar-refractivity contribution in [2.75, 3.05) is 28.6 Å². The molecule has 1 aromatic heterocycles. The fourth-order valence-corrected chi connectivity index (χ4v) is 5.11. The van der Waals surface area contributed by atoms with Crippen LogP contribution in [0.25, 0.3) is 0 Å². The van der Waals surface area contributed by atoms with E-state index in [1.54, 1.807) is 12.1 Å². The summed E-state index contributed by atoms with van der Waals surface area (Å²) in [4.78, 5) is 8.66. The van der Waals surface area contributed by atoms with Crippen LogP contribution in [0.1, 0.15) is 25.5 Å². The van der Waals surface area contributed by atoms with Gasteiger partial charge in [-0.05, 0) is 49.8 Å². The topological polar surface area (TPSA) is 118 Å². The highest BCUT2D eigenvalue weighted by atomic mass is 32.2. The molecule has 3 aliphatic rings.